The van der Waals surface area contributed by atoms with Crippen LogP contribution >= 0.6 is 0 Å². The van der Waals surface area contributed by atoms with E-state index < -0.39 is 0 Å². The summed E-state index contributed by atoms with van der Waals surface area (Å²) in [5.74, 6) is 0.862. The second-order valence-corrected chi connectivity index (χ2v) is 6.48. The summed E-state index contributed by atoms with van der Waals surface area (Å²) >= 11 is 0. The Bertz CT molecular complexity index is 782. The van der Waals surface area contributed by atoms with Crippen LogP contribution in [0.2, 0.25) is 0 Å². The Morgan fingerprint density at radius 3 is 2.30 bits per heavy atom. The van der Waals surface area contributed by atoms with Gasteiger partial charge in [0.2, 0.25) is 0 Å². The van der Waals surface area contributed by atoms with Gasteiger partial charge in [0, 0.05) is 16.8 Å². The predicted octanol–water partition coefficient (Wildman–Crippen LogP) is 5.69. The van der Waals surface area contributed by atoms with Crippen molar-refractivity contribution in [3.05, 3.63) is 71.8 Å². The van der Waals surface area contributed by atoms with Gasteiger partial charge in [0.15, 0.2) is 0 Å². The molecule has 2 aromatic carbocycles. The quantitative estimate of drug-likeness (QED) is 0.783. The highest BCUT2D eigenvalue weighted by Gasteiger charge is 2.34. The maximum atomic E-state index is 5.20. The number of allylic oxidation sites excluding steroid dienone is 3. The van der Waals surface area contributed by atoms with Gasteiger partial charge in [0.05, 0.1) is 7.11 Å². The Morgan fingerprint density at radius 2 is 1.70 bits per heavy atom. The Kier molecular flexibility index (Phi) is 3.77. The molecule has 2 nitrogen and oxygen atoms in total. The zero-order valence-electron chi connectivity index (χ0n) is 14.2. The molecule has 118 valence electrons. The average molecular weight is 305 g/mol. The number of methoxy groups -OCH3 is 1. The molecule has 0 saturated heterocycles. The van der Waals surface area contributed by atoms with Crippen molar-refractivity contribution in [1.29, 1.82) is 0 Å². The zero-order valence-corrected chi connectivity index (χ0v) is 14.2. The van der Waals surface area contributed by atoms with Gasteiger partial charge in [-0.3, -0.25) is 0 Å². The minimum absolute atomic E-state index is 0.00123. The zero-order chi connectivity index (χ0) is 16.6. The minimum Gasteiger partial charge on any atom is -0.497 e. The SMILES string of the molecule is C=CC1=C(C)c2ccc(Nc3ccc(OC)cc3)cc2C1(C)C. The first kappa shape index (κ1) is 15.4. The lowest BCUT2D eigenvalue weighted by atomic mass is 9.81. The lowest BCUT2D eigenvalue weighted by Crippen LogP contribution is -2.16. The molecule has 2 aromatic rings. The molecule has 1 aliphatic carbocycles. The molecule has 0 aromatic heterocycles. The standard InChI is InChI=1S/C21H23NO/c1-6-19-14(2)18-12-9-16(13-20(18)21(19,3)4)22-15-7-10-17(23-5)11-8-15/h6-13,22H,1H2,2-5H3. The van der Waals surface area contributed by atoms with Crippen molar-refractivity contribution in [1.82, 2.24) is 0 Å². The van der Waals surface area contributed by atoms with Crippen LogP contribution in [0.15, 0.2) is 60.7 Å². The third kappa shape index (κ3) is 2.55. The third-order valence-electron chi connectivity index (χ3n) is 4.76. The lowest BCUT2D eigenvalue weighted by molar-refractivity contribution is 0.415. The summed E-state index contributed by atoms with van der Waals surface area (Å²) in [6.45, 7) is 10.7. The van der Waals surface area contributed by atoms with E-state index >= 15 is 0 Å². The molecule has 0 saturated carbocycles. The summed E-state index contributed by atoms with van der Waals surface area (Å²) in [5, 5.41) is 3.47. The normalized spacial score (nSPS) is 15.3. The van der Waals surface area contributed by atoms with Crippen LogP contribution in [0.1, 0.15) is 31.9 Å². The van der Waals surface area contributed by atoms with Gasteiger partial charge in [-0.25, -0.2) is 0 Å². The Hall–Kier alpha value is -2.48. The summed E-state index contributed by atoms with van der Waals surface area (Å²) in [5.41, 5.74) is 7.47. The average Bonchev–Trinajstić information content (AvgIpc) is 2.74. The minimum atomic E-state index is -0.00123. The number of ether oxygens (including phenoxy) is 1. The topological polar surface area (TPSA) is 21.3 Å². The fourth-order valence-corrected chi connectivity index (χ4v) is 3.47. The van der Waals surface area contributed by atoms with Crippen molar-refractivity contribution in [2.45, 2.75) is 26.2 Å². The second-order valence-electron chi connectivity index (χ2n) is 6.48. The van der Waals surface area contributed by atoms with E-state index in [1.807, 2.05) is 30.3 Å². The summed E-state index contributed by atoms with van der Waals surface area (Å²) in [6, 6.07) is 14.6. The van der Waals surface area contributed by atoms with Gasteiger partial charge in [-0.15, -0.1) is 0 Å². The van der Waals surface area contributed by atoms with Crippen molar-refractivity contribution < 1.29 is 4.74 Å². The van der Waals surface area contributed by atoms with Crippen molar-refractivity contribution in [3.63, 3.8) is 0 Å². The van der Waals surface area contributed by atoms with Gasteiger partial charge < -0.3 is 10.1 Å². The molecule has 0 heterocycles. The largest absolute Gasteiger partial charge is 0.497 e. The van der Waals surface area contributed by atoms with Crippen molar-refractivity contribution in [3.8, 4) is 5.75 Å². The number of hydrogen-bond acceptors (Lipinski definition) is 2. The van der Waals surface area contributed by atoms with Crippen molar-refractivity contribution >= 4 is 16.9 Å². The fourth-order valence-electron chi connectivity index (χ4n) is 3.47. The first-order chi connectivity index (χ1) is 11.0. The number of anilines is 2. The van der Waals surface area contributed by atoms with Crippen LogP contribution in [0, 0.1) is 0 Å². The lowest BCUT2D eigenvalue weighted by Gasteiger charge is -2.23. The molecule has 0 amide bonds. The smallest absolute Gasteiger partial charge is 0.119 e. The summed E-state index contributed by atoms with van der Waals surface area (Å²) < 4.78 is 5.20. The molecule has 0 unspecified atom stereocenters. The number of nitrogens with one attached hydrogen (secondary N) is 1. The summed E-state index contributed by atoms with van der Waals surface area (Å²) in [7, 11) is 1.68. The Labute approximate surface area is 138 Å². The van der Waals surface area contributed by atoms with E-state index in [1.165, 1.54) is 22.3 Å². The van der Waals surface area contributed by atoms with E-state index in [0.29, 0.717) is 0 Å². The fraction of sp³-hybridized carbons (Fsp3) is 0.238. The Balaban J connectivity index is 1.93. The van der Waals surface area contributed by atoms with Gasteiger partial charge in [-0.1, -0.05) is 32.6 Å². The number of hydrogen-bond donors (Lipinski definition) is 1. The van der Waals surface area contributed by atoms with E-state index in [-0.39, 0.29) is 5.41 Å². The number of rotatable bonds is 4. The first-order valence-corrected chi connectivity index (χ1v) is 7.87. The number of fused-ring (bicyclic) bond motifs is 1. The first-order valence-electron chi connectivity index (χ1n) is 7.87. The monoisotopic (exact) mass is 305 g/mol. The van der Waals surface area contributed by atoms with E-state index in [4.69, 9.17) is 4.74 Å². The van der Waals surface area contributed by atoms with Crippen molar-refractivity contribution in [2.24, 2.45) is 0 Å². The molecule has 0 aliphatic heterocycles. The highest BCUT2D eigenvalue weighted by Crippen LogP contribution is 2.47. The molecule has 23 heavy (non-hydrogen) atoms. The number of benzene rings is 2. The van der Waals surface area contributed by atoms with Gasteiger partial charge in [-0.05, 0) is 65.6 Å². The highest BCUT2D eigenvalue weighted by atomic mass is 16.5. The van der Waals surface area contributed by atoms with E-state index in [2.05, 4.69) is 50.9 Å². The molecular weight excluding hydrogens is 282 g/mol. The van der Waals surface area contributed by atoms with Crippen molar-refractivity contribution in [2.75, 3.05) is 12.4 Å². The van der Waals surface area contributed by atoms with Gasteiger partial charge in [-0.2, -0.15) is 0 Å². The van der Waals surface area contributed by atoms with Crippen LogP contribution in [0.3, 0.4) is 0 Å². The van der Waals surface area contributed by atoms with Crippen LogP contribution in [0.5, 0.6) is 5.75 Å². The molecular formula is C21H23NO. The van der Waals surface area contributed by atoms with Gasteiger partial charge >= 0.3 is 0 Å². The van der Waals surface area contributed by atoms with Crippen LogP contribution in [0.25, 0.3) is 5.57 Å². The van der Waals surface area contributed by atoms with Gasteiger partial charge in [0.1, 0.15) is 5.75 Å². The van der Waals surface area contributed by atoms with E-state index in [0.717, 1.165) is 17.1 Å². The van der Waals surface area contributed by atoms with Crippen LogP contribution < -0.4 is 10.1 Å². The predicted molar refractivity (Wildman–Crippen MR) is 98.5 cm³/mol. The van der Waals surface area contributed by atoms with E-state index in [1.54, 1.807) is 7.11 Å². The molecule has 1 aliphatic rings. The second kappa shape index (κ2) is 5.62. The van der Waals surface area contributed by atoms with E-state index in [9.17, 15) is 0 Å². The Morgan fingerprint density at radius 1 is 1.04 bits per heavy atom. The maximum Gasteiger partial charge on any atom is 0.119 e. The molecule has 0 spiro atoms. The molecule has 0 radical (unpaired) electrons. The molecule has 0 fully saturated rings. The maximum absolute atomic E-state index is 5.20. The molecule has 0 bridgehead atoms. The molecule has 0 atom stereocenters. The van der Waals surface area contributed by atoms with Gasteiger partial charge in [0.25, 0.3) is 0 Å². The van der Waals surface area contributed by atoms with Crippen LogP contribution in [-0.4, -0.2) is 7.11 Å². The third-order valence-corrected chi connectivity index (χ3v) is 4.76. The van der Waals surface area contributed by atoms with Crippen LogP contribution in [-0.2, 0) is 5.41 Å². The summed E-state index contributed by atoms with van der Waals surface area (Å²) in [6.07, 6.45) is 1.99. The molecule has 2 heteroatoms. The molecule has 1 N–H and O–H groups in total. The summed E-state index contributed by atoms with van der Waals surface area (Å²) in [4.78, 5) is 0. The van der Waals surface area contributed by atoms with Crippen LogP contribution in [0.4, 0.5) is 11.4 Å². The molecule has 3 rings (SSSR count). The highest BCUT2D eigenvalue weighted by molar-refractivity contribution is 5.82.